The number of H-pyrrole nitrogens is 1. The van der Waals surface area contributed by atoms with Gasteiger partial charge in [0.25, 0.3) is 5.91 Å². The third-order valence-electron chi connectivity index (χ3n) is 3.88. The van der Waals surface area contributed by atoms with E-state index < -0.39 is 0 Å². The summed E-state index contributed by atoms with van der Waals surface area (Å²) in [6.45, 7) is 3.12. The third kappa shape index (κ3) is 3.86. The highest BCUT2D eigenvalue weighted by atomic mass is 16.2. The molecule has 0 bridgehead atoms. The van der Waals surface area contributed by atoms with Crippen molar-refractivity contribution in [2.45, 2.75) is 6.42 Å². The average molecular weight is 329 g/mol. The number of piperazine rings is 1. The van der Waals surface area contributed by atoms with Crippen LogP contribution in [-0.2, 0) is 4.79 Å². The van der Waals surface area contributed by atoms with E-state index in [1.165, 1.54) is 6.20 Å². The molecule has 126 valence electrons. The first-order valence-corrected chi connectivity index (χ1v) is 7.82. The zero-order chi connectivity index (χ0) is 16.8. The number of hydrogen-bond acceptors (Lipinski definition) is 6. The fourth-order valence-electron chi connectivity index (χ4n) is 2.57. The number of pyridine rings is 1. The highest BCUT2D eigenvalue weighted by Gasteiger charge is 2.21. The lowest BCUT2D eigenvalue weighted by atomic mass is 10.2. The van der Waals surface area contributed by atoms with Gasteiger partial charge in [-0.2, -0.15) is 15.4 Å². The molecule has 0 unspecified atom stereocenters. The van der Waals surface area contributed by atoms with Gasteiger partial charge in [0, 0.05) is 45.3 Å². The predicted octanol–water partition coefficient (Wildman–Crippen LogP) is -0.332. The second kappa shape index (κ2) is 7.53. The smallest absolute Gasteiger partial charge is 0.273 e. The number of carbonyl (C=O) groups is 2. The van der Waals surface area contributed by atoms with E-state index in [0.29, 0.717) is 13.1 Å². The van der Waals surface area contributed by atoms with E-state index in [1.807, 2.05) is 23.1 Å². The van der Waals surface area contributed by atoms with Gasteiger partial charge in [-0.1, -0.05) is 6.07 Å². The minimum atomic E-state index is -0.337. The molecule has 3 heterocycles. The van der Waals surface area contributed by atoms with Crippen LogP contribution < -0.4 is 10.2 Å². The normalized spacial score (nSPS) is 14.5. The van der Waals surface area contributed by atoms with Crippen molar-refractivity contribution in [3.8, 4) is 0 Å². The Hall–Kier alpha value is -2.97. The molecule has 0 radical (unpaired) electrons. The molecular weight excluding hydrogens is 310 g/mol. The molecule has 2 amide bonds. The van der Waals surface area contributed by atoms with Crippen LogP contribution in [0, 0.1) is 0 Å². The van der Waals surface area contributed by atoms with Crippen LogP contribution in [0.25, 0.3) is 0 Å². The molecule has 24 heavy (non-hydrogen) atoms. The Balaban J connectivity index is 1.40. The Labute approximate surface area is 139 Å². The maximum atomic E-state index is 12.2. The van der Waals surface area contributed by atoms with Crippen LogP contribution in [0.2, 0.25) is 0 Å². The summed E-state index contributed by atoms with van der Waals surface area (Å²) in [6.07, 6.45) is 3.38. The zero-order valence-electron chi connectivity index (χ0n) is 13.2. The number of hydrogen-bond donors (Lipinski definition) is 2. The number of rotatable bonds is 5. The molecule has 1 saturated heterocycles. The summed E-state index contributed by atoms with van der Waals surface area (Å²) in [7, 11) is 0. The van der Waals surface area contributed by atoms with Crippen LogP contribution in [0.15, 0.2) is 30.6 Å². The summed E-state index contributed by atoms with van der Waals surface area (Å²) < 4.78 is 0. The monoisotopic (exact) mass is 329 g/mol. The van der Waals surface area contributed by atoms with Gasteiger partial charge in [0.1, 0.15) is 5.82 Å². The first-order chi connectivity index (χ1) is 11.7. The highest BCUT2D eigenvalue weighted by Crippen LogP contribution is 2.12. The SMILES string of the molecule is O=C(NCCC(=O)N1CCN(c2ccccn2)CC1)c1cn[nH]n1. The van der Waals surface area contributed by atoms with Crippen molar-refractivity contribution in [3.63, 3.8) is 0 Å². The van der Waals surface area contributed by atoms with E-state index in [-0.39, 0.29) is 30.5 Å². The molecule has 1 aliphatic rings. The molecular formula is C15H19N7O2. The highest BCUT2D eigenvalue weighted by molar-refractivity contribution is 5.92. The number of amides is 2. The van der Waals surface area contributed by atoms with Gasteiger partial charge >= 0.3 is 0 Å². The van der Waals surface area contributed by atoms with Crippen LogP contribution in [-0.4, -0.2) is 69.8 Å². The molecule has 3 rings (SSSR count). The summed E-state index contributed by atoms with van der Waals surface area (Å²) in [5.74, 6) is 0.636. The van der Waals surface area contributed by atoms with E-state index in [4.69, 9.17) is 0 Å². The molecule has 0 spiro atoms. The van der Waals surface area contributed by atoms with E-state index in [0.717, 1.165) is 18.9 Å². The second-order valence-electron chi connectivity index (χ2n) is 5.42. The number of carbonyl (C=O) groups excluding carboxylic acids is 2. The standard InChI is InChI=1S/C15H19N7O2/c23-14(4-6-17-15(24)12-11-18-20-19-12)22-9-7-21(8-10-22)13-3-1-2-5-16-13/h1-3,5,11H,4,6-10H2,(H,17,24)(H,18,19,20). The van der Waals surface area contributed by atoms with Crippen LogP contribution in [0.5, 0.6) is 0 Å². The number of anilines is 1. The minimum absolute atomic E-state index is 0.0381. The summed E-state index contributed by atoms with van der Waals surface area (Å²) >= 11 is 0. The van der Waals surface area contributed by atoms with E-state index in [2.05, 4.69) is 30.6 Å². The number of aromatic amines is 1. The summed E-state index contributed by atoms with van der Waals surface area (Å²) in [5, 5.41) is 12.3. The topological polar surface area (TPSA) is 107 Å². The van der Waals surface area contributed by atoms with Gasteiger partial charge < -0.3 is 15.1 Å². The van der Waals surface area contributed by atoms with Crippen molar-refractivity contribution in [1.29, 1.82) is 0 Å². The molecule has 9 heteroatoms. The van der Waals surface area contributed by atoms with Crippen molar-refractivity contribution in [2.24, 2.45) is 0 Å². The van der Waals surface area contributed by atoms with Crippen molar-refractivity contribution in [3.05, 3.63) is 36.3 Å². The largest absolute Gasteiger partial charge is 0.353 e. The van der Waals surface area contributed by atoms with Crippen molar-refractivity contribution in [1.82, 2.24) is 30.6 Å². The molecule has 0 saturated carbocycles. The first kappa shape index (κ1) is 15.9. The Morgan fingerprint density at radius 1 is 1.21 bits per heavy atom. The van der Waals surface area contributed by atoms with Crippen molar-refractivity contribution < 1.29 is 9.59 Å². The fraction of sp³-hybridized carbons (Fsp3) is 0.400. The summed E-state index contributed by atoms with van der Waals surface area (Å²) in [4.78, 5) is 32.2. The molecule has 1 fully saturated rings. The van der Waals surface area contributed by atoms with Gasteiger partial charge in [-0.3, -0.25) is 9.59 Å². The average Bonchev–Trinajstić information content (AvgIpc) is 3.17. The molecule has 0 aliphatic carbocycles. The Kier molecular flexibility index (Phi) is 4.99. The third-order valence-corrected chi connectivity index (χ3v) is 3.88. The van der Waals surface area contributed by atoms with Gasteiger partial charge in [-0.15, -0.1) is 0 Å². The Morgan fingerprint density at radius 3 is 2.71 bits per heavy atom. The molecule has 2 aromatic heterocycles. The molecule has 9 nitrogen and oxygen atoms in total. The molecule has 0 aromatic carbocycles. The van der Waals surface area contributed by atoms with E-state index in [9.17, 15) is 9.59 Å². The Bertz CT molecular complexity index is 666. The van der Waals surface area contributed by atoms with Crippen LogP contribution in [0.4, 0.5) is 5.82 Å². The van der Waals surface area contributed by atoms with Gasteiger partial charge in [0.15, 0.2) is 5.69 Å². The lowest BCUT2D eigenvalue weighted by Gasteiger charge is -2.35. The summed E-state index contributed by atoms with van der Waals surface area (Å²) in [6, 6.07) is 5.81. The lowest BCUT2D eigenvalue weighted by Crippen LogP contribution is -2.49. The fourth-order valence-corrected chi connectivity index (χ4v) is 2.57. The molecule has 0 atom stereocenters. The van der Waals surface area contributed by atoms with Crippen LogP contribution in [0.3, 0.4) is 0 Å². The number of aromatic nitrogens is 4. The number of nitrogens with zero attached hydrogens (tertiary/aromatic N) is 5. The zero-order valence-corrected chi connectivity index (χ0v) is 13.2. The van der Waals surface area contributed by atoms with Gasteiger partial charge in [0.05, 0.1) is 6.20 Å². The van der Waals surface area contributed by atoms with Crippen molar-refractivity contribution >= 4 is 17.6 Å². The summed E-state index contributed by atoms with van der Waals surface area (Å²) in [5.41, 5.74) is 0.214. The Morgan fingerprint density at radius 2 is 2.04 bits per heavy atom. The quantitative estimate of drug-likeness (QED) is 0.778. The van der Waals surface area contributed by atoms with Crippen molar-refractivity contribution in [2.75, 3.05) is 37.6 Å². The second-order valence-corrected chi connectivity index (χ2v) is 5.42. The van der Waals surface area contributed by atoms with E-state index >= 15 is 0 Å². The van der Waals surface area contributed by atoms with Gasteiger partial charge in [-0.05, 0) is 12.1 Å². The van der Waals surface area contributed by atoms with Gasteiger partial charge in [-0.25, -0.2) is 4.98 Å². The maximum Gasteiger partial charge on any atom is 0.273 e. The van der Waals surface area contributed by atoms with Gasteiger partial charge in [0.2, 0.25) is 5.91 Å². The maximum absolute atomic E-state index is 12.2. The number of nitrogens with one attached hydrogen (secondary N) is 2. The van der Waals surface area contributed by atoms with E-state index in [1.54, 1.807) is 6.20 Å². The predicted molar refractivity (Wildman–Crippen MR) is 86.4 cm³/mol. The van der Waals surface area contributed by atoms with Crippen LogP contribution >= 0.6 is 0 Å². The molecule has 1 aliphatic heterocycles. The minimum Gasteiger partial charge on any atom is -0.353 e. The van der Waals surface area contributed by atoms with Crippen LogP contribution in [0.1, 0.15) is 16.9 Å². The lowest BCUT2D eigenvalue weighted by molar-refractivity contribution is -0.131. The first-order valence-electron chi connectivity index (χ1n) is 7.82. The molecule has 2 N–H and O–H groups in total. The molecule has 2 aromatic rings.